The summed E-state index contributed by atoms with van der Waals surface area (Å²) < 4.78 is 52.0. The highest BCUT2D eigenvalue weighted by molar-refractivity contribution is 7.93. The number of carbonyl (C=O) groups excluding carboxylic acids is 1. The summed E-state index contributed by atoms with van der Waals surface area (Å²) in [4.78, 5) is 11.7. The molecule has 0 bridgehead atoms. The second kappa shape index (κ2) is 6.60. The molecule has 0 unspecified atom stereocenters. The van der Waals surface area contributed by atoms with E-state index < -0.39 is 28.0 Å². The Labute approximate surface area is 151 Å². The summed E-state index contributed by atoms with van der Waals surface area (Å²) in [6.07, 6.45) is -0.946. The number of aryl methyl sites for hydroxylation is 1. The van der Waals surface area contributed by atoms with E-state index in [0.717, 1.165) is 15.9 Å². The van der Waals surface area contributed by atoms with E-state index in [1.54, 1.807) is 26.0 Å². The van der Waals surface area contributed by atoms with Gasteiger partial charge < -0.3 is 9.47 Å². The minimum absolute atomic E-state index is 0.00678. The number of benzene rings is 2. The quantitative estimate of drug-likeness (QED) is 0.766. The molecule has 0 N–H and O–H groups in total. The zero-order valence-corrected chi connectivity index (χ0v) is 15.3. The molecule has 0 aromatic heterocycles. The Balaban J connectivity index is 2.08. The molecule has 3 rings (SSSR count). The van der Waals surface area contributed by atoms with Crippen LogP contribution < -0.4 is 9.04 Å². The Kier molecular flexibility index (Phi) is 4.62. The van der Waals surface area contributed by atoms with Gasteiger partial charge in [0.25, 0.3) is 10.0 Å². The number of ether oxygens (including phenoxy) is 2. The average Bonchev–Trinajstić information content (AvgIpc) is 2.57. The molecule has 26 heavy (non-hydrogen) atoms. The van der Waals surface area contributed by atoms with Gasteiger partial charge in [-0.15, -0.1) is 0 Å². The van der Waals surface area contributed by atoms with Crippen molar-refractivity contribution in [2.45, 2.75) is 31.9 Å². The van der Waals surface area contributed by atoms with E-state index in [4.69, 9.17) is 9.47 Å². The molecule has 0 spiro atoms. The highest BCUT2D eigenvalue weighted by atomic mass is 32.2. The third kappa shape index (κ3) is 3.01. The molecule has 6 nitrogen and oxygen atoms in total. The molecule has 2 aromatic carbocycles. The lowest BCUT2D eigenvalue weighted by Gasteiger charge is -2.35. The normalized spacial score (nSPS) is 18.0. The number of carbonyl (C=O) groups is 1. The van der Waals surface area contributed by atoms with Gasteiger partial charge in [0.1, 0.15) is 16.5 Å². The SMILES string of the molecule is CCOC(=O)c1ccc(N2[C@@H](C)Oc3ccc(C)cc3S2(=O)=O)c(F)c1. The summed E-state index contributed by atoms with van der Waals surface area (Å²) >= 11 is 0. The van der Waals surface area contributed by atoms with Gasteiger partial charge in [-0.3, -0.25) is 0 Å². The van der Waals surface area contributed by atoms with Gasteiger partial charge in [0.15, 0.2) is 6.23 Å². The lowest BCUT2D eigenvalue weighted by atomic mass is 10.2. The number of sulfonamides is 1. The summed E-state index contributed by atoms with van der Waals surface area (Å²) in [6.45, 7) is 5.07. The van der Waals surface area contributed by atoms with Gasteiger partial charge in [0.05, 0.1) is 17.9 Å². The Morgan fingerprint density at radius 1 is 1.27 bits per heavy atom. The Morgan fingerprint density at radius 2 is 2.00 bits per heavy atom. The Morgan fingerprint density at radius 3 is 2.65 bits per heavy atom. The maximum Gasteiger partial charge on any atom is 0.338 e. The van der Waals surface area contributed by atoms with E-state index in [9.17, 15) is 17.6 Å². The van der Waals surface area contributed by atoms with Crippen LogP contribution in [0.15, 0.2) is 41.3 Å². The lowest BCUT2D eigenvalue weighted by molar-refractivity contribution is 0.0526. The molecule has 2 aromatic rings. The van der Waals surface area contributed by atoms with E-state index >= 15 is 0 Å². The second-order valence-electron chi connectivity index (χ2n) is 5.85. The first-order valence-corrected chi connectivity index (χ1v) is 9.48. The Bertz CT molecular complexity index is 974. The predicted molar refractivity (Wildman–Crippen MR) is 93.3 cm³/mol. The molecule has 0 fully saturated rings. The van der Waals surface area contributed by atoms with Gasteiger partial charge in [-0.2, -0.15) is 0 Å². The number of esters is 1. The van der Waals surface area contributed by atoms with Crippen LogP contribution in [0.3, 0.4) is 0 Å². The molecule has 0 radical (unpaired) electrons. The molecule has 1 atom stereocenters. The molecule has 1 heterocycles. The zero-order chi connectivity index (χ0) is 19.1. The number of hydrogen-bond acceptors (Lipinski definition) is 5. The first-order chi connectivity index (χ1) is 12.3. The molecule has 0 aliphatic carbocycles. The lowest BCUT2D eigenvalue weighted by Crippen LogP contribution is -2.46. The average molecular weight is 379 g/mol. The van der Waals surface area contributed by atoms with E-state index in [-0.39, 0.29) is 28.5 Å². The van der Waals surface area contributed by atoms with Crippen molar-refractivity contribution < 1.29 is 27.1 Å². The van der Waals surface area contributed by atoms with Crippen molar-refractivity contribution in [3.05, 3.63) is 53.3 Å². The molecule has 1 aliphatic heterocycles. The van der Waals surface area contributed by atoms with Crippen LogP contribution >= 0.6 is 0 Å². The van der Waals surface area contributed by atoms with E-state index in [1.165, 1.54) is 25.1 Å². The van der Waals surface area contributed by atoms with Crippen LogP contribution in [0.2, 0.25) is 0 Å². The van der Waals surface area contributed by atoms with Crippen molar-refractivity contribution in [2.75, 3.05) is 10.9 Å². The van der Waals surface area contributed by atoms with Gasteiger partial charge in [-0.25, -0.2) is 21.9 Å². The molecular formula is C18H18FNO5S. The zero-order valence-electron chi connectivity index (χ0n) is 14.5. The van der Waals surface area contributed by atoms with Gasteiger partial charge in [-0.1, -0.05) is 6.07 Å². The maximum absolute atomic E-state index is 14.6. The Hall–Kier alpha value is -2.61. The fourth-order valence-corrected chi connectivity index (χ4v) is 4.56. The number of fused-ring (bicyclic) bond motifs is 1. The van der Waals surface area contributed by atoms with Crippen LogP contribution in [0.1, 0.15) is 29.8 Å². The minimum atomic E-state index is -4.02. The maximum atomic E-state index is 14.6. The van der Waals surface area contributed by atoms with E-state index in [0.29, 0.717) is 0 Å². The van der Waals surface area contributed by atoms with Gasteiger partial charge >= 0.3 is 5.97 Å². The number of anilines is 1. The largest absolute Gasteiger partial charge is 0.468 e. The smallest absolute Gasteiger partial charge is 0.338 e. The van der Waals surface area contributed by atoms with Crippen LogP contribution in [0.4, 0.5) is 10.1 Å². The molecule has 0 amide bonds. The van der Waals surface area contributed by atoms with Crippen LogP contribution in [0.25, 0.3) is 0 Å². The van der Waals surface area contributed by atoms with Crippen molar-refractivity contribution in [1.82, 2.24) is 0 Å². The number of rotatable bonds is 3. The second-order valence-corrected chi connectivity index (χ2v) is 7.64. The first kappa shape index (κ1) is 18.2. The summed E-state index contributed by atoms with van der Waals surface area (Å²) in [6, 6.07) is 8.32. The van der Waals surface area contributed by atoms with E-state index in [1.807, 2.05) is 0 Å². The summed E-state index contributed by atoms with van der Waals surface area (Å²) in [5.74, 6) is -1.31. The predicted octanol–water partition coefficient (Wildman–Crippen LogP) is 3.24. The molecular weight excluding hydrogens is 361 g/mol. The standard InChI is InChI=1S/C18H18FNO5S/c1-4-24-18(21)13-6-7-15(14(19)10-13)20-12(3)25-16-8-5-11(2)9-17(16)26(20,22)23/h5-10,12H,4H2,1-3H3/t12-/m1/s1. The molecule has 0 saturated carbocycles. The van der Waals surface area contributed by atoms with Crippen molar-refractivity contribution in [2.24, 2.45) is 0 Å². The van der Waals surface area contributed by atoms with Crippen molar-refractivity contribution in [3.8, 4) is 5.75 Å². The number of nitrogens with zero attached hydrogens (tertiary/aromatic N) is 1. The number of halogens is 1. The topological polar surface area (TPSA) is 72.9 Å². The van der Waals surface area contributed by atoms with Crippen molar-refractivity contribution in [1.29, 1.82) is 0 Å². The highest BCUT2D eigenvalue weighted by Crippen LogP contribution is 2.38. The van der Waals surface area contributed by atoms with Crippen molar-refractivity contribution in [3.63, 3.8) is 0 Å². The van der Waals surface area contributed by atoms with Crippen molar-refractivity contribution >= 4 is 21.7 Å². The summed E-state index contributed by atoms with van der Waals surface area (Å²) in [7, 11) is -4.02. The highest BCUT2D eigenvalue weighted by Gasteiger charge is 2.39. The monoisotopic (exact) mass is 379 g/mol. The van der Waals surface area contributed by atoms with Crippen LogP contribution in [-0.4, -0.2) is 27.2 Å². The first-order valence-electron chi connectivity index (χ1n) is 8.04. The molecule has 138 valence electrons. The molecule has 0 saturated heterocycles. The molecule has 1 aliphatic rings. The van der Waals surface area contributed by atoms with Gasteiger partial charge in [0.2, 0.25) is 0 Å². The van der Waals surface area contributed by atoms with Crippen LogP contribution in [0, 0.1) is 12.7 Å². The third-order valence-corrected chi connectivity index (χ3v) is 5.85. The van der Waals surface area contributed by atoms with Gasteiger partial charge in [-0.05, 0) is 56.7 Å². The third-order valence-electron chi connectivity index (χ3n) is 3.96. The minimum Gasteiger partial charge on any atom is -0.468 e. The summed E-state index contributed by atoms with van der Waals surface area (Å²) in [5, 5.41) is 0. The fourth-order valence-electron chi connectivity index (χ4n) is 2.80. The fraction of sp³-hybridized carbons (Fsp3) is 0.278. The van der Waals surface area contributed by atoms with Crippen LogP contribution in [0.5, 0.6) is 5.75 Å². The van der Waals surface area contributed by atoms with Gasteiger partial charge in [0, 0.05) is 0 Å². The summed E-state index contributed by atoms with van der Waals surface area (Å²) in [5.41, 5.74) is 0.550. The molecule has 8 heteroatoms. The number of hydrogen-bond donors (Lipinski definition) is 0. The van der Waals surface area contributed by atoms with E-state index in [2.05, 4.69) is 0 Å². The van der Waals surface area contributed by atoms with Crippen LogP contribution in [-0.2, 0) is 14.8 Å².